The van der Waals surface area contributed by atoms with E-state index >= 15 is 0 Å². The van der Waals surface area contributed by atoms with Gasteiger partial charge in [0.2, 0.25) is 0 Å². The molecule has 4 nitrogen and oxygen atoms in total. The van der Waals surface area contributed by atoms with Crippen molar-refractivity contribution in [2.75, 3.05) is 0 Å². The molecule has 3 N–H and O–H groups in total. The predicted molar refractivity (Wildman–Crippen MR) is 79.3 cm³/mol. The van der Waals surface area contributed by atoms with Crippen molar-refractivity contribution in [3.05, 3.63) is 16.4 Å². The summed E-state index contributed by atoms with van der Waals surface area (Å²) in [5.41, 5.74) is 4.29. The van der Waals surface area contributed by atoms with Crippen LogP contribution in [0.3, 0.4) is 0 Å². The smallest absolute Gasteiger partial charge is 0.0715 e. The number of rotatable bonds is 4. The predicted octanol–water partition coefficient (Wildman–Crippen LogP) is 3.17. The molecule has 0 spiro atoms. The Kier molecular flexibility index (Phi) is 3.71. The number of aromatic nitrogens is 2. The number of nitrogens with zero attached hydrogens (tertiary/aromatic N) is 2. The lowest BCUT2D eigenvalue weighted by Crippen LogP contribution is -2.37. The number of fused-ring (bicyclic) bond motifs is 2. The maximum atomic E-state index is 5.90. The second kappa shape index (κ2) is 5.19. The van der Waals surface area contributed by atoms with Crippen molar-refractivity contribution in [3.63, 3.8) is 0 Å². The number of halogens is 1. The van der Waals surface area contributed by atoms with Gasteiger partial charge in [0.25, 0.3) is 0 Å². The monoisotopic (exact) mass is 326 g/mol. The molecule has 2 bridgehead atoms. The minimum Gasteiger partial charge on any atom is -0.271 e. The summed E-state index contributed by atoms with van der Waals surface area (Å²) in [6.45, 7) is 4.33. The Balaban J connectivity index is 1.92. The third kappa shape index (κ3) is 2.26. The Hall–Kier alpha value is -0.390. The second-order valence-electron chi connectivity index (χ2n) is 6.40. The molecule has 1 aromatic rings. The highest BCUT2D eigenvalue weighted by Crippen LogP contribution is 2.53. The lowest BCUT2D eigenvalue weighted by Gasteiger charge is -2.31. The van der Waals surface area contributed by atoms with Crippen molar-refractivity contribution in [2.24, 2.45) is 23.6 Å². The fraction of sp³-hybridized carbons (Fsp3) is 0.786. The quantitative estimate of drug-likeness (QED) is 0.660. The first kappa shape index (κ1) is 13.6. The van der Waals surface area contributed by atoms with E-state index in [2.05, 4.69) is 45.0 Å². The summed E-state index contributed by atoms with van der Waals surface area (Å²) in [6.07, 6.45) is 7.41. The fourth-order valence-corrected chi connectivity index (χ4v) is 4.68. The van der Waals surface area contributed by atoms with Crippen molar-refractivity contribution >= 4 is 15.9 Å². The van der Waals surface area contributed by atoms with Crippen molar-refractivity contribution < 1.29 is 0 Å². The van der Waals surface area contributed by atoms with Crippen LogP contribution in [0.5, 0.6) is 0 Å². The largest absolute Gasteiger partial charge is 0.271 e. The highest BCUT2D eigenvalue weighted by molar-refractivity contribution is 9.10. The lowest BCUT2D eigenvalue weighted by atomic mass is 9.82. The summed E-state index contributed by atoms with van der Waals surface area (Å²) >= 11 is 3.65. The maximum Gasteiger partial charge on any atom is 0.0715 e. The number of nitrogens with two attached hydrogens (primary N) is 1. The molecule has 1 heterocycles. The van der Waals surface area contributed by atoms with Gasteiger partial charge in [-0.1, -0.05) is 6.42 Å². The summed E-state index contributed by atoms with van der Waals surface area (Å²) in [5.74, 6) is 8.33. The summed E-state index contributed by atoms with van der Waals surface area (Å²) in [4.78, 5) is 0. The van der Waals surface area contributed by atoms with Crippen molar-refractivity contribution in [1.29, 1.82) is 0 Å². The average molecular weight is 327 g/mol. The Morgan fingerprint density at radius 1 is 1.42 bits per heavy atom. The van der Waals surface area contributed by atoms with Crippen LogP contribution >= 0.6 is 15.9 Å². The summed E-state index contributed by atoms with van der Waals surface area (Å²) in [5, 5.41) is 4.49. The highest BCUT2D eigenvalue weighted by Gasteiger charge is 2.44. The van der Waals surface area contributed by atoms with Crippen LogP contribution in [0.2, 0.25) is 0 Å². The van der Waals surface area contributed by atoms with E-state index in [1.807, 2.05) is 6.20 Å². The second-order valence-corrected chi connectivity index (χ2v) is 7.25. The average Bonchev–Trinajstić information content (AvgIpc) is 3.06. The van der Waals surface area contributed by atoms with Gasteiger partial charge < -0.3 is 0 Å². The first-order chi connectivity index (χ1) is 9.11. The molecule has 2 fully saturated rings. The van der Waals surface area contributed by atoms with Gasteiger partial charge in [0, 0.05) is 6.04 Å². The molecule has 4 unspecified atom stereocenters. The van der Waals surface area contributed by atoms with Crippen LogP contribution in [0.1, 0.15) is 57.3 Å². The Bertz CT molecular complexity index is 456. The van der Waals surface area contributed by atoms with Crippen LogP contribution in [0.15, 0.2) is 10.7 Å². The molecule has 19 heavy (non-hydrogen) atoms. The van der Waals surface area contributed by atoms with E-state index in [4.69, 9.17) is 5.84 Å². The third-order valence-corrected chi connectivity index (χ3v) is 5.58. The SMILES string of the molecule is CC(C)n1ncc(Br)c1C(NN)C1CC2CCC1C2. The molecule has 2 saturated carbocycles. The van der Waals surface area contributed by atoms with Gasteiger partial charge in [-0.05, 0) is 66.8 Å². The minimum atomic E-state index is 0.217. The molecular formula is C14H23BrN4. The zero-order valence-corrected chi connectivity index (χ0v) is 13.2. The van der Waals surface area contributed by atoms with Crippen LogP contribution < -0.4 is 11.3 Å². The van der Waals surface area contributed by atoms with Gasteiger partial charge in [0.1, 0.15) is 0 Å². The summed E-state index contributed by atoms with van der Waals surface area (Å²) < 4.78 is 3.17. The number of hydrogen-bond acceptors (Lipinski definition) is 3. The Morgan fingerprint density at radius 2 is 2.21 bits per heavy atom. The molecule has 0 aliphatic heterocycles. The van der Waals surface area contributed by atoms with E-state index in [1.54, 1.807) is 0 Å². The van der Waals surface area contributed by atoms with Gasteiger partial charge in [0.05, 0.1) is 22.4 Å². The molecule has 0 amide bonds. The molecule has 1 aromatic heterocycles. The number of hydrogen-bond donors (Lipinski definition) is 2. The third-order valence-electron chi connectivity index (χ3n) is 4.97. The molecule has 0 aromatic carbocycles. The first-order valence-corrected chi connectivity index (χ1v) is 8.10. The molecule has 2 aliphatic rings. The molecule has 106 valence electrons. The zero-order valence-electron chi connectivity index (χ0n) is 11.6. The van der Waals surface area contributed by atoms with Gasteiger partial charge in [0.15, 0.2) is 0 Å². The summed E-state index contributed by atoms with van der Waals surface area (Å²) in [6, 6.07) is 0.574. The van der Waals surface area contributed by atoms with E-state index in [1.165, 1.54) is 31.4 Å². The Morgan fingerprint density at radius 3 is 2.74 bits per heavy atom. The zero-order chi connectivity index (χ0) is 13.6. The first-order valence-electron chi connectivity index (χ1n) is 7.30. The molecule has 0 radical (unpaired) electrons. The van der Waals surface area contributed by atoms with Crippen LogP contribution in [-0.4, -0.2) is 9.78 Å². The van der Waals surface area contributed by atoms with Crippen LogP contribution in [0.4, 0.5) is 0 Å². The molecular weight excluding hydrogens is 304 g/mol. The van der Waals surface area contributed by atoms with E-state index in [9.17, 15) is 0 Å². The number of nitrogens with one attached hydrogen (secondary N) is 1. The van der Waals surface area contributed by atoms with Gasteiger partial charge in [-0.3, -0.25) is 16.0 Å². The molecule has 2 aliphatic carbocycles. The van der Waals surface area contributed by atoms with Gasteiger partial charge >= 0.3 is 0 Å². The van der Waals surface area contributed by atoms with Crippen molar-refractivity contribution in [3.8, 4) is 0 Å². The van der Waals surface area contributed by atoms with Crippen LogP contribution in [-0.2, 0) is 0 Å². The standard InChI is InChI=1S/C14H23BrN4/c1-8(2)19-14(12(15)7-17-19)13(18-16)11-6-9-3-4-10(11)5-9/h7-11,13,18H,3-6,16H2,1-2H3. The van der Waals surface area contributed by atoms with E-state index < -0.39 is 0 Å². The molecule has 4 atom stereocenters. The normalized spacial score (nSPS) is 31.3. The van der Waals surface area contributed by atoms with E-state index in [0.717, 1.165) is 16.3 Å². The Labute approximate surface area is 123 Å². The lowest BCUT2D eigenvalue weighted by molar-refractivity contribution is 0.239. The van der Waals surface area contributed by atoms with Gasteiger partial charge in [-0.15, -0.1) is 0 Å². The topological polar surface area (TPSA) is 55.9 Å². The van der Waals surface area contributed by atoms with Crippen molar-refractivity contribution in [2.45, 2.75) is 51.6 Å². The van der Waals surface area contributed by atoms with Gasteiger partial charge in [-0.25, -0.2) is 0 Å². The maximum absolute atomic E-state index is 5.90. The molecule has 5 heteroatoms. The number of hydrazine groups is 1. The van der Waals surface area contributed by atoms with Crippen molar-refractivity contribution in [1.82, 2.24) is 15.2 Å². The van der Waals surface area contributed by atoms with Gasteiger partial charge in [-0.2, -0.15) is 5.10 Å². The molecule has 0 saturated heterocycles. The van der Waals surface area contributed by atoms with E-state index in [-0.39, 0.29) is 6.04 Å². The van der Waals surface area contributed by atoms with Crippen LogP contribution in [0.25, 0.3) is 0 Å². The van der Waals surface area contributed by atoms with Crippen LogP contribution in [0, 0.1) is 17.8 Å². The summed E-state index contributed by atoms with van der Waals surface area (Å²) in [7, 11) is 0. The molecule has 3 rings (SSSR count). The van der Waals surface area contributed by atoms with E-state index in [0.29, 0.717) is 12.0 Å². The fourth-order valence-electron chi connectivity index (χ4n) is 4.16. The minimum absolute atomic E-state index is 0.217. The highest BCUT2D eigenvalue weighted by atomic mass is 79.9.